The first-order chi connectivity index (χ1) is 8.08. The summed E-state index contributed by atoms with van der Waals surface area (Å²) in [6.07, 6.45) is 6.40. The van der Waals surface area contributed by atoms with Gasteiger partial charge in [-0.25, -0.2) is 0 Å². The predicted octanol–water partition coefficient (Wildman–Crippen LogP) is 4.29. The first-order valence-corrected chi connectivity index (χ1v) is 7.79. The summed E-state index contributed by atoms with van der Waals surface area (Å²) in [4.78, 5) is 1.20. The van der Waals surface area contributed by atoms with Crippen LogP contribution in [0.25, 0.3) is 0 Å². The molecule has 1 aromatic rings. The zero-order valence-electron chi connectivity index (χ0n) is 10.9. The molecule has 0 spiro atoms. The van der Waals surface area contributed by atoms with Crippen molar-refractivity contribution in [2.45, 2.75) is 50.5 Å². The van der Waals surface area contributed by atoms with Gasteiger partial charge in [0.2, 0.25) is 0 Å². The monoisotopic (exact) mass is 271 g/mol. The number of rotatable bonds is 6. The minimum Gasteiger partial charge on any atom is -0.328 e. The standard InChI is InChI=1S/C14H22ClNS/c1-4-12-8-11(7-5-6-10(2)16)9-13(17-3)14(12)15/h8-10H,4-7,16H2,1-3H3. The Bertz CT molecular complexity index is 338. The molecule has 0 saturated heterocycles. The average Bonchev–Trinajstić information content (AvgIpc) is 2.30. The number of benzene rings is 1. The van der Waals surface area contributed by atoms with Crippen LogP contribution in [0.4, 0.5) is 0 Å². The van der Waals surface area contributed by atoms with Gasteiger partial charge in [-0.1, -0.05) is 24.6 Å². The molecule has 1 aromatic carbocycles. The van der Waals surface area contributed by atoms with Crippen LogP contribution in [0.15, 0.2) is 17.0 Å². The van der Waals surface area contributed by atoms with Crippen molar-refractivity contribution in [1.29, 1.82) is 0 Å². The van der Waals surface area contributed by atoms with Gasteiger partial charge in [0.15, 0.2) is 0 Å². The van der Waals surface area contributed by atoms with Crippen molar-refractivity contribution in [3.05, 3.63) is 28.3 Å². The van der Waals surface area contributed by atoms with Crippen LogP contribution in [0.2, 0.25) is 5.02 Å². The number of thioether (sulfide) groups is 1. The molecule has 1 atom stereocenters. The molecule has 0 aliphatic rings. The third-order valence-corrected chi connectivity index (χ3v) is 4.22. The van der Waals surface area contributed by atoms with Crippen molar-refractivity contribution in [2.24, 2.45) is 5.73 Å². The van der Waals surface area contributed by atoms with Crippen molar-refractivity contribution in [3.8, 4) is 0 Å². The molecule has 1 unspecified atom stereocenters. The zero-order valence-corrected chi connectivity index (χ0v) is 12.5. The van der Waals surface area contributed by atoms with Crippen molar-refractivity contribution >= 4 is 23.4 Å². The smallest absolute Gasteiger partial charge is 0.0573 e. The lowest BCUT2D eigenvalue weighted by molar-refractivity contribution is 0.624. The summed E-state index contributed by atoms with van der Waals surface area (Å²) in [5, 5.41) is 0.927. The van der Waals surface area contributed by atoms with Gasteiger partial charge in [0.05, 0.1) is 5.02 Å². The van der Waals surface area contributed by atoms with Gasteiger partial charge in [0, 0.05) is 10.9 Å². The van der Waals surface area contributed by atoms with E-state index in [4.69, 9.17) is 17.3 Å². The molecule has 1 nitrogen and oxygen atoms in total. The Morgan fingerprint density at radius 1 is 1.41 bits per heavy atom. The molecule has 2 N–H and O–H groups in total. The van der Waals surface area contributed by atoms with Crippen LogP contribution < -0.4 is 5.73 Å². The van der Waals surface area contributed by atoms with Crippen LogP contribution in [-0.4, -0.2) is 12.3 Å². The Kier molecular flexibility index (Phi) is 6.39. The molecule has 3 heteroatoms. The Labute approximate surface area is 114 Å². The molecule has 0 heterocycles. The maximum absolute atomic E-state index is 6.32. The fraction of sp³-hybridized carbons (Fsp3) is 0.571. The van der Waals surface area contributed by atoms with E-state index in [1.807, 2.05) is 0 Å². The van der Waals surface area contributed by atoms with Gasteiger partial charge in [0.1, 0.15) is 0 Å². The number of hydrogen-bond donors (Lipinski definition) is 1. The largest absolute Gasteiger partial charge is 0.328 e. The first-order valence-electron chi connectivity index (χ1n) is 6.19. The van der Waals surface area contributed by atoms with Gasteiger partial charge in [0.25, 0.3) is 0 Å². The van der Waals surface area contributed by atoms with Crippen LogP contribution >= 0.6 is 23.4 Å². The van der Waals surface area contributed by atoms with Gasteiger partial charge in [-0.2, -0.15) is 0 Å². The Morgan fingerprint density at radius 3 is 2.65 bits per heavy atom. The Balaban J connectivity index is 2.78. The summed E-state index contributed by atoms with van der Waals surface area (Å²) in [6.45, 7) is 4.21. The van der Waals surface area contributed by atoms with Crippen molar-refractivity contribution in [3.63, 3.8) is 0 Å². The van der Waals surface area contributed by atoms with Gasteiger partial charge in [-0.3, -0.25) is 0 Å². The normalized spacial score (nSPS) is 12.8. The fourth-order valence-electron chi connectivity index (χ4n) is 1.90. The maximum atomic E-state index is 6.32. The summed E-state index contributed by atoms with van der Waals surface area (Å²) in [7, 11) is 0. The van der Waals surface area contributed by atoms with Gasteiger partial charge in [-0.05, 0) is 56.1 Å². The Hall–Kier alpha value is -0.180. The number of halogens is 1. The molecular formula is C14H22ClNS. The van der Waals surface area contributed by atoms with E-state index in [1.165, 1.54) is 16.0 Å². The van der Waals surface area contributed by atoms with Gasteiger partial charge in [-0.15, -0.1) is 11.8 Å². The topological polar surface area (TPSA) is 26.0 Å². The van der Waals surface area contributed by atoms with Gasteiger partial charge >= 0.3 is 0 Å². The summed E-state index contributed by atoms with van der Waals surface area (Å²) < 4.78 is 0. The molecule has 0 fully saturated rings. The first kappa shape index (κ1) is 14.9. The second-order valence-corrected chi connectivity index (χ2v) is 5.72. The van der Waals surface area contributed by atoms with Crippen molar-refractivity contribution in [1.82, 2.24) is 0 Å². The summed E-state index contributed by atoms with van der Waals surface area (Å²) in [6, 6.07) is 4.75. The molecule has 0 amide bonds. The number of hydrogen-bond acceptors (Lipinski definition) is 2. The van der Waals surface area contributed by atoms with E-state index in [9.17, 15) is 0 Å². The fourth-order valence-corrected chi connectivity index (χ4v) is 2.95. The zero-order chi connectivity index (χ0) is 12.8. The Morgan fingerprint density at radius 2 is 2.12 bits per heavy atom. The highest BCUT2D eigenvalue weighted by Gasteiger charge is 2.07. The van der Waals surface area contributed by atoms with E-state index in [0.29, 0.717) is 6.04 Å². The second-order valence-electron chi connectivity index (χ2n) is 4.49. The highest BCUT2D eigenvalue weighted by atomic mass is 35.5. The van der Waals surface area contributed by atoms with Crippen LogP contribution in [0, 0.1) is 0 Å². The van der Waals surface area contributed by atoms with E-state index < -0.39 is 0 Å². The average molecular weight is 272 g/mol. The molecular weight excluding hydrogens is 250 g/mol. The number of nitrogens with two attached hydrogens (primary N) is 1. The van der Waals surface area contributed by atoms with E-state index in [-0.39, 0.29) is 0 Å². The summed E-state index contributed by atoms with van der Waals surface area (Å²) >= 11 is 8.05. The third-order valence-electron chi connectivity index (χ3n) is 2.90. The van der Waals surface area contributed by atoms with Crippen molar-refractivity contribution < 1.29 is 0 Å². The molecule has 0 aliphatic carbocycles. The third kappa shape index (κ3) is 4.53. The highest BCUT2D eigenvalue weighted by Crippen LogP contribution is 2.31. The lowest BCUT2D eigenvalue weighted by Crippen LogP contribution is -2.14. The lowest BCUT2D eigenvalue weighted by atomic mass is 10.0. The molecule has 96 valence electrons. The van der Waals surface area contributed by atoms with Crippen LogP contribution in [0.5, 0.6) is 0 Å². The maximum Gasteiger partial charge on any atom is 0.0573 e. The predicted molar refractivity (Wildman–Crippen MR) is 79.2 cm³/mol. The highest BCUT2D eigenvalue weighted by molar-refractivity contribution is 7.98. The van der Waals surface area contributed by atoms with E-state index in [1.54, 1.807) is 11.8 Å². The molecule has 0 aromatic heterocycles. The molecule has 0 bridgehead atoms. The minimum atomic E-state index is 0.299. The van der Waals surface area contributed by atoms with E-state index in [2.05, 4.69) is 32.2 Å². The molecule has 0 aliphatic heterocycles. The van der Waals surface area contributed by atoms with E-state index in [0.717, 1.165) is 30.7 Å². The van der Waals surface area contributed by atoms with Gasteiger partial charge < -0.3 is 5.73 Å². The summed E-state index contributed by atoms with van der Waals surface area (Å²) in [5.41, 5.74) is 8.41. The molecule has 17 heavy (non-hydrogen) atoms. The van der Waals surface area contributed by atoms with Crippen LogP contribution in [-0.2, 0) is 12.8 Å². The lowest BCUT2D eigenvalue weighted by Gasteiger charge is -2.11. The quantitative estimate of drug-likeness (QED) is 0.781. The minimum absolute atomic E-state index is 0.299. The summed E-state index contributed by atoms with van der Waals surface area (Å²) in [5.74, 6) is 0. The van der Waals surface area contributed by atoms with Crippen LogP contribution in [0.3, 0.4) is 0 Å². The number of aryl methyl sites for hydroxylation is 2. The van der Waals surface area contributed by atoms with E-state index >= 15 is 0 Å². The van der Waals surface area contributed by atoms with Crippen molar-refractivity contribution in [2.75, 3.05) is 6.26 Å². The second kappa shape index (κ2) is 7.30. The molecule has 0 radical (unpaired) electrons. The van der Waals surface area contributed by atoms with Crippen LogP contribution in [0.1, 0.15) is 37.8 Å². The molecule has 0 saturated carbocycles. The SMILES string of the molecule is CCc1cc(CCCC(C)N)cc(SC)c1Cl. The molecule has 1 rings (SSSR count).